The summed E-state index contributed by atoms with van der Waals surface area (Å²) in [6.07, 6.45) is 0. The van der Waals surface area contributed by atoms with Gasteiger partial charge in [0.1, 0.15) is 5.75 Å². The number of nitrogens with one attached hydrogen (secondary N) is 2. The maximum absolute atomic E-state index is 5.37. The number of benzene rings is 2. The first-order valence-corrected chi connectivity index (χ1v) is 8.57. The monoisotopic (exact) mass is 354 g/mol. The van der Waals surface area contributed by atoms with Gasteiger partial charge >= 0.3 is 0 Å². The quantitative estimate of drug-likeness (QED) is 0.807. The second-order valence-corrected chi connectivity index (χ2v) is 7.10. The summed E-state index contributed by atoms with van der Waals surface area (Å²) < 4.78 is 5.37. The fraction of sp³-hybridized carbons (Fsp3) is 0.381. The number of hydrazine groups is 1. The van der Waals surface area contributed by atoms with Gasteiger partial charge in [0.05, 0.1) is 25.0 Å². The SMILES string of the molecule is C.COc1cccc(N(NC2=NCCN2)c2ccc(C(C)(C)C)cc2)c1. The van der Waals surface area contributed by atoms with Crippen LogP contribution in [-0.2, 0) is 5.41 Å². The minimum atomic E-state index is 0. The molecule has 0 saturated carbocycles. The van der Waals surface area contributed by atoms with Crippen LogP contribution >= 0.6 is 0 Å². The van der Waals surface area contributed by atoms with Crippen molar-refractivity contribution >= 4 is 17.3 Å². The smallest absolute Gasteiger partial charge is 0.210 e. The van der Waals surface area contributed by atoms with Gasteiger partial charge in [-0.1, -0.05) is 46.4 Å². The summed E-state index contributed by atoms with van der Waals surface area (Å²) in [5.74, 6) is 1.60. The Morgan fingerprint density at radius 2 is 1.81 bits per heavy atom. The van der Waals surface area contributed by atoms with Crippen LogP contribution in [0.2, 0.25) is 0 Å². The number of anilines is 2. The Labute approximate surface area is 157 Å². The van der Waals surface area contributed by atoms with Crippen LogP contribution in [0, 0.1) is 0 Å². The van der Waals surface area contributed by atoms with Gasteiger partial charge in [0.25, 0.3) is 0 Å². The molecule has 0 aliphatic carbocycles. The highest BCUT2D eigenvalue weighted by Crippen LogP contribution is 2.29. The molecular weight excluding hydrogens is 324 g/mol. The molecule has 3 rings (SSSR count). The normalized spacial score (nSPS) is 13.3. The predicted octanol–water partition coefficient (Wildman–Crippen LogP) is 4.23. The molecule has 26 heavy (non-hydrogen) atoms. The molecule has 0 unspecified atom stereocenters. The Bertz CT molecular complexity index is 747. The molecule has 5 heteroatoms. The Balaban J connectivity index is 0.00000243. The lowest BCUT2D eigenvalue weighted by molar-refractivity contribution is 0.415. The summed E-state index contributed by atoms with van der Waals surface area (Å²) in [5.41, 5.74) is 6.83. The summed E-state index contributed by atoms with van der Waals surface area (Å²) in [4.78, 5) is 4.45. The molecule has 0 spiro atoms. The number of hydrogen-bond acceptors (Lipinski definition) is 5. The molecule has 2 N–H and O–H groups in total. The van der Waals surface area contributed by atoms with Crippen molar-refractivity contribution in [3.8, 4) is 5.75 Å². The van der Waals surface area contributed by atoms with E-state index in [0.717, 1.165) is 36.2 Å². The van der Waals surface area contributed by atoms with E-state index in [4.69, 9.17) is 4.74 Å². The molecular formula is C21H30N4O. The Kier molecular flexibility index (Phi) is 6.14. The zero-order valence-electron chi connectivity index (χ0n) is 15.3. The largest absolute Gasteiger partial charge is 0.497 e. The maximum atomic E-state index is 5.37. The minimum Gasteiger partial charge on any atom is -0.497 e. The van der Waals surface area contributed by atoms with Crippen molar-refractivity contribution in [2.45, 2.75) is 33.6 Å². The van der Waals surface area contributed by atoms with Gasteiger partial charge in [-0.3, -0.25) is 15.4 Å². The fourth-order valence-electron chi connectivity index (χ4n) is 2.72. The number of aliphatic imine (C=N–C) groups is 1. The number of hydrogen-bond donors (Lipinski definition) is 2. The van der Waals surface area contributed by atoms with Gasteiger partial charge < -0.3 is 10.1 Å². The first kappa shape index (κ1) is 19.6. The van der Waals surface area contributed by atoms with E-state index in [2.05, 4.69) is 60.8 Å². The van der Waals surface area contributed by atoms with Crippen LogP contribution in [0.4, 0.5) is 11.4 Å². The highest BCUT2D eigenvalue weighted by atomic mass is 16.5. The highest BCUT2D eigenvalue weighted by Gasteiger charge is 2.17. The zero-order chi connectivity index (χ0) is 17.9. The van der Waals surface area contributed by atoms with Crippen molar-refractivity contribution < 1.29 is 4.74 Å². The van der Waals surface area contributed by atoms with E-state index in [-0.39, 0.29) is 12.8 Å². The summed E-state index contributed by atoms with van der Waals surface area (Å²) in [6, 6.07) is 16.6. The van der Waals surface area contributed by atoms with Crippen LogP contribution in [0.1, 0.15) is 33.8 Å². The van der Waals surface area contributed by atoms with E-state index in [9.17, 15) is 0 Å². The van der Waals surface area contributed by atoms with Crippen LogP contribution in [-0.4, -0.2) is 26.2 Å². The lowest BCUT2D eigenvalue weighted by Gasteiger charge is -2.28. The van der Waals surface area contributed by atoms with Gasteiger partial charge in [0.2, 0.25) is 5.96 Å². The van der Waals surface area contributed by atoms with Crippen LogP contribution in [0.25, 0.3) is 0 Å². The second kappa shape index (κ2) is 8.13. The van der Waals surface area contributed by atoms with Crippen molar-refractivity contribution in [2.24, 2.45) is 4.99 Å². The van der Waals surface area contributed by atoms with Crippen molar-refractivity contribution in [3.05, 3.63) is 54.1 Å². The van der Waals surface area contributed by atoms with Crippen LogP contribution < -0.4 is 20.5 Å². The van der Waals surface area contributed by atoms with E-state index in [1.165, 1.54) is 5.56 Å². The van der Waals surface area contributed by atoms with Gasteiger partial charge in [-0.05, 0) is 35.2 Å². The third kappa shape index (κ3) is 4.48. The number of ether oxygens (including phenoxy) is 1. The topological polar surface area (TPSA) is 48.9 Å². The van der Waals surface area contributed by atoms with Crippen molar-refractivity contribution in [2.75, 3.05) is 25.2 Å². The average Bonchev–Trinajstić information content (AvgIpc) is 3.12. The number of guanidine groups is 1. The molecule has 0 saturated heterocycles. The Morgan fingerprint density at radius 3 is 2.38 bits per heavy atom. The first-order valence-electron chi connectivity index (χ1n) is 8.57. The number of rotatable bonds is 4. The van der Waals surface area contributed by atoms with Crippen LogP contribution in [0.15, 0.2) is 53.5 Å². The Morgan fingerprint density at radius 1 is 1.08 bits per heavy atom. The maximum Gasteiger partial charge on any atom is 0.210 e. The molecule has 1 aliphatic rings. The zero-order valence-corrected chi connectivity index (χ0v) is 15.3. The molecule has 0 radical (unpaired) electrons. The lowest BCUT2D eigenvalue weighted by atomic mass is 9.87. The highest BCUT2D eigenvalue weighted by molar-refractivity contribution is 5.85. The summed E-state index contributed by atoms with van der Waals surface area (Å²) in [7, 11) is 1.68. The molecule has 2 aromatic carbocycles. The fourth-order valence-corrected chi connectivity index (χ4v) is 2.72. The predicted molar refractivity (Wildman–Crippen MR) is 110 cm³/mol. The van der Waals surface area contributed by atoms with Crippen molar-refractivity contribution in [1.29, 1.82) is 0 Å². The molecule has 0 atom stereocenters. The van der Waals surface area contributed by atoms with Crippen LogP contribution in [0.5, 0.6) is 5.75 Å². The van der Waals surface area contributed by atoms with Gasteiger partial charge in [-0.2, -0.15) is 0 Å². The molecule has 0 amide bonds. The summed E-state index contributed by atoms with van der Waals surface area (Å²) >= 11 is 0. The van der Waals surface area contributed by atoms with Crippen molar-refractivity contribution in [3.63, 3.8) is 0 Å². The average molecular weight is 354 g/mol. The van der Waals surface area contributed by atoms with Gasteiger partial charge in [-0.25, -0.2) is 0 Å². The molecule has 1 heterocycles. The van der Waals surface area contributed by atoms with E-state index in [1.807, 2.05) is 29.3 Å². The number of methoxy groups -OCH3 is 1. The third-order valence-corrected chi connectivity index (χ3v) is 4.19. The van der Waals surface area contributed by atoms with Crippen LogP contribution in [0.3, 0.4) is 0 Å². The van der Waals surface area contributed by atoms with E-state index in [1.54, 1.807) is 7.11 Å². The van der Waals surface area contributed by atoms with Crippen molar-refractivity contribution in [1.82, 2.24) is 10.7 Å². The molecule has 0 aromatic heterocycles. The van der Waals surface area contributed by atoms with Gasteiger partial charge in [-0.15, -0.1) is 0 Å². The molecule has 2 aromatic rings. The molecule has 1 aliphatic heterocycles. The van der Waals surface area contributed by atoms with E-state index in [0.29, 0.717) is 0 Å². The molecule has 5 nitrogen and oxygen atoms in total. The van der Waals surface area contributed by atoms with E-state index < -0.39 is 0 Å². The lowest BCUT2D eigenvalue weighted by Crippen LogP contribution is -2.44. The van der Waals surface area contributed by atoms with Gasteiger partial charge in [0, 0.05) is 12.6 Å². The van der Waals surface area contributed by atoms with E-state index >= 15 is 0 Å². The minimum absolute atomic E-state index is 0. The summed E-state index contributed by atoms with van der Waals surface area (Å²) in [6.45, 7) is 8.31. The number of nitrogens with zero attached hydrogens (tertiary/aromatic N) is 2. The molecule has 140 valence electrons. The standard InChI is InChI=1S/C20H26N4O.CH4/c1-20(2,3)15-8-10-16(11-9-15)24(23-19-21-12-13-22-19)17-6-5-7-18(14-17)25-4;/h5-11,14H,12-13H2,1-4H3,(H2,21,22,23);1H4. The molecule has 0 fully saturated rings. The third-order valence-electron chi connectivity index (χ3n) is 4.19. The van der Waals surface area contributed by atoms with Gasteiger partial charge in [0.15, 0.2) is 0 Å². The Hall–Kier alpha value is -2.69. The second-order valence-electron chi connectivity index (χ2n) is 7.10. The molecule has 0 bridgehead atoms. The summed E-state index contributed by atoms with van der Waals surface area (Å²) in [5, 5.41) is 5.28. The first-order chi connectivity index (χ1) is 12.0.